The van der Waals surface area contributed by atoms with Gasteiger partial charge in [-0.3, -0.25) is 4.79 Å². The molecule has 0 aromatic carbocycles. The molecule has 0 bridgehead atoms. The number of rotatable bonds is 8. The molecule has 1 aliphatic heterocycles. The van der Waals surface area contributed by atoms with Crippen LogP contribution in [0.5, 0.6) is 0 Å². The maximum Gasteiger partial charge on any atom is 0.220 e. The summed E-state index contributed by atoms with van der Waals surface area (Å²) < 4.78 is 0. The molecule has 1 aliphatic rings. The minimum atomic E-state index is 0.248. The van der Waals surface area contributed by atoms with E-state index in [2.05, 4.69) is 24.5 Å². The summed E-state index contributed by atoms with van der Waals surface area (Å²) in [6.45, 7) is 6.57. The molecule has 0 radical (unpaired) electrons. The molecule has 2 N–H and O–H groups in total. The maximum absolute atomic E-state index is 11.8. The van der Waals surface area contributed by atoms with Gasteiger partial charge in [-0.05, 0) is 45.2 Å². The summed E-state index contributed by atoms with van der Waals surface area (Å²) in [7, 11) is 0. The number of hydrogen-bond donors (Lipinski definition) is 2. The second-order valence-electron chi connectivity index (χ2n) is 5.61. The van der Waals surface area contributed by atoms with Gasteiger partial charge in [-0.15, -0.1) is 0 Å². The topological polar surface area (TPSA) is 41.1 Å². The third kappa shape index (κ3) is 6.39. The maximum atomic E-state index is 11.8. The average molecular weight is 254 g/mol. The first-order valence-electron chi connectivity index (χ1n) is 7.74. The molecule has 1 fully saturated rings. The molecule has 0 spiro atoms. The van der Waals surface area contributed by atoms with E-state index < -0.39 is 0 Å². The summed E-state index contributed by atoms with van der Waals surface area (Å²) in [4.78, 5) is 11.8. The molecule has 0 aromatic heterocycles. The fourth-order valence-electron chi connectivity index (χ4n) is 2.68. The second-order valence-corrected chi connectivity index (χ2v) is 5.61. The summed E-state index contributed by atoms with van der Waals surface area (Å²) in [5.74, 6) is 0.910. The summed E-state index contributed by atoms with van der Waals surface area (Å²) >= 11 is 0. The zero-order valence-electron chi connectivity index (χ0n) is 12.1. The van der Waals surface area contributed by atoms with Gasteiger partial charge in [0.15, 0.2) is 0 Å². The molecule has 1 unspecified atom stereocenters. The molecule has 1 amide bonds. The van der Waals surface area contributed by atoms with Gasteiger partial charge in [-0.25, -0.2) is 0 Å². The summed E-state index contributed by atoms with van der Waals surface area (Å²) in [5.41, 5.74) is 0. The van der Waals surface area contributed by atoms with E-state index in [4.69, 9.17) is 0 Å². The van der Waals surface area contributed by atoms with Gasteiger partial charge in [0, 0.05) is 12.5 Å². The fraction of sp³-hybridized carbons (Fsp3) is 0.933. The first-order chi connectivity index (χ1) is 8.74. The Bertz CT molecular complexity index is 225. The van der Waals surface area contributed by atoms with Crippen molar-refractivity contribution in [3.63, 3.8) is 0 Å². The second kappa shape index (κ2) is 9.37. The van der Waals surface area contributed by atoms with Gasteiger partial charge in [-0.1, -0.05) is 32.6 Å². The monoisotopic (exact) mass is 254 g/mol. The molecular formula is C15H30N2O. The van der Waals surface area contributed by atoms with Crippen LogP contribution in [0.3, 0.4) is 0 Å². The molecule has 0 aromatic rings. The highest BCUT2D eigenvalue weighted by atomic mass is 16.1. The Morgan fingerprint density at radius 1 is 1.22 bits per heavy atom. The number of nitrogens with one attached hydrogen (secondary N) is 2. The van der Waals surface area contributed by atoms with Crippen LogP contribution in [-0.4, -0.2) is 25.0 Å². The lowest BCUT2D eigenvalue weighted by Crippen LogP contribution is -2.42. The first kappa shape index (κ1) is 15.5. The number of amides is 1. The van der Waals surface area contributed by atoms with Crippen LogP contribution in [0.2, 0.25) is 0 Å². The van der Waals surface area contributed by atoms with Crippen LogP contribution in [0, 0.1) is 5.92 Å². The fourth-order valence-corrected chi connectivity index (χ4v) is 2.68. The van der Waals surface area contributed by atoms with Crippen LogP contribution < -0.4 is 10.6 Å². The van der Waals surface area contributed by atoms with E-state index in [-0.39, 0.29) is 5.91 Å². The molecular weight excluding hydrogens is 224 g/mol. The van der Waals surface area contributed by atoms with Gasteiger partial charge in [0.1, 0.15) is 0 Å². The zero-order valence-corrected chi connectivity index (χ0v) is 12.1. The molecule has 1 heterocycles. The third-order valence-corrected chi connectivity index (χ3v) is 3.99. The molecule has 1 saturated heterocycles. The van der Waals surface area contributed by atoms with Gasteiger partial charge in [0.25, 0.3) is 0 Å². The Hall–Kier alpha value is -0.570. The lowest BCUT2D eigenvalue weighted by molar-refractivity contribution is -0.122. The highest BCUT2D eigenvalue weighted by molar-refractivity contribution is 5.76. The number of carbonyl (C=O) groups excluding carboxylic acids is 1. The smallest absolute Gasteiger partial charge is 0.220 e. The molecule has 0 aliphatic carbocycles. The van der Waals surface area contributed by atoms with E-state index in [1.807, 2.05) is 0 Å². The minimum Gasteiger partial charge on any atom is -0.353 e. The van der Waals surface area contributed by atoms with Gasteiger partial charge in [0.05, 0.1) is 0 Å². The largest absolute Gasteiger partial charge is 0.353 e. The highest BCUT2D eigenvalue weighted by Crippen LogP contribution is 2.16. The molecule has 106 valence electrons. The minimum absolute atomic E-state index is 0.248. The van der Waals surface area contributed by atoms with Crippen molar-refractivity contribution in [3.8, 4) is 0 Å². The Morgan fingerprint density at radius 2 is 1.89 bits per heavy atom. The van der Waals surface area contributed by atoms with Gasteiger partial charge in [0.2, 0.25) is 5.91 Å². The van der Waals surface area contributed by atoms with Crippen LogP contribution >= 0.6 is 0 Å². The predicted molar refractivity (Wildman–Crippen MR) is 76.6 cm³/mol. The number of carbonyl (C=O) groups is 1. The SMILES string of the molecule is CCCCCCCC(=O)NC(C)C1CCNCC1. The van der Waals surface area contributed by atoms with E-state index >= 15 is 0 Å². The van der Waals surface area contributed by atoms with Crippen molar-refractivity contribution in [1.29, 1.82) is 0 Å². The number of hydrogen-bond acceptors (Lipinski definition) is 2. The van der Waals surface area contributed by atoms with Crippen molar-refractivity contribution < 1.29 is 4.79 Å². The Kier molecular flexibility index (Phi) is 8.06. The normalized spacial score (nSPS) is 18.6. The van der Waals surface area contributed by atoms with Gasteiger partial charge in [-0.2, -0.15) is 0 Å². The summed E-state index contributed by atoms with van der Waals surface area (Å²) in [6, 6.07) is 0.343. The molecule has 18 heavy (non-hydrogen) atoms. The van der Waals surface area contributed by atoms with Crippen LogP contribution in [0.1, 0.15) is 65.2 Å². The van der Waals surface area contributed by atoms with E-state index in [1.54, 1.807) is 0 Å². The highest BCUT2D eigenvalue weighted by Gasteiger charge is 2.20. The van der Waals surface area contributed by atoms with Crippen LogP contribution in [0.4, 0.5) is 0 Å². The molecule has 1 atom stereocenters. The average Bonchev–Trinajstić information content (AvgIpc) is 2.39. The van der Waals surface area contributed by atoms with Crippen molar-refractivity contribution in [2.45, 2.75) is 71.3 Å². The molecule has 3 heteroatoms. The van der Waals surface area contributed by atoms with Crippen molar-refractivity contribution in [2.75, 3.05) is 13.1 Å². The molecule has 0 saturated carbocycles. The van der Waals surface area contributed by atoms with Crippen LogP contribution in [-0.2, 0) is 4.79 Å². The van der Waals surface area contributed by atoms with E-state index in [1.165, 1.54) is 38.5 Å². The standard InChI is InChI=1S/C15H30N2O/c1-3-4-5-6-7-8-15(18)17-13(2)14-9-11-16-12-10-14/h13-14,16H,3-12H2,1-2H3,(H,17,18). The van der Waals surface area contributed by atoms with Crippen molar-refractivity contribution >= 4 is 5.91 Å². The van der Waals surface area contributed by atoms with E-state index in [0.717, 1.165) is 19.5 Å². The number of piperidine rings is 1. The molecule has 3 nitrogen and oxygen atoms in total. The lowest BCUT2D eigenvalue weighted by Gasteiger charge is -2.28. The quantitative estimate of drug-likeness (QED) is 0.654. The van der Waals surface area contributed by atoms with Crippen molar-refractivity contribution in [3.05, 3.63) is 0 Å². The van der Waals surface area contributed by atoms with Gasteiger partial charge < -0.3 is 10.6 Å². The predicted octanol–water partition coefficient (Wildman–Crippen LogP) is 2.85. The Morgan fingerprint density at radius 3 is 2.56 bits per heavy atom. The van der Waals surface area contributed by atoms with E-state index in [0.29, 0.717) is 18.4 Å². The first-order valence-corrected chi connectivity index (χ1v) is 7.74. The third-order valence-electron chi connectivity index (χ3n) is 3.99. The zero-order chi connectivity index (χ0) is 13.2. The van der Waals surface area contributed by atoms with Crippen molar-refractivity contribution in [2.24, 2.45) is 5.92 Å². The Labute approximate surface area is 112 Å². The lowest BCUT2D eigenvalue weighted by atomic mass is 9.91. The summed E-state index contributed by atoms with van der Waals surface area (Å²) in [6.07, 6.45) is 9.17. The van der Waals surface area contributed by atoms with Gasteiger partial charge >= 0.3 is 0 Å². The van der Waals surface area contributed by atoms with Crippen molar-refractivity contribution in [1.82, 2.24) is 10.6 Å². The molecule has 1 rings (SSSR count). The summed E-state index contributed by atoms with van der Waals surface area (Å²) in [5, 5.41) is 6.54. The number of unbranched alkanes of at least 4 members (excludes halogenated alkanes) is 4. The van der Waals surface area contributed by atoms with Crippen LogP contribution in [0.25, 0.3) is 0 Å². The Balaban J connectivity index is 2.07. The van der Waals surface area contributed by atoms with E-state index in [9.17, 15) is 4.79 Å². The van der Waals surface area contributed by atoms with Crippen LogP contribution in [0.15, 0.2) is 0 Å².